The Balaban J connectivity index is 5.64. The fourth-order valence-corrected chi connectivity index (χ4v) is 2.68. The van der Waals surface area contributed by atoms with E-state index in [-0.39, 0.29) is 25.3 Å². The van der Waals surface area contributed by atoms with Crippen LogP contribution in [0.5, 0.6) is 0 Å². The van der Waals surface area contributed by atoms with Crippen LogP contribution in [0.15, 0.2) is 4.99 Å². The third-order valence-electron chi connectivity index (χ3n) is 4.64. The Kier molecular flexibility index (Phi) is 13.2. The van der Waals surface area contributed by atoms with Crippen molar-refractivity contribution < 1.29 is 39.3 Å². The molecule has 5 atom stereocenters. The van der Waals surface area contributed by atoms with Crippen LogP contribution in [0, 0.1) is 5.92 Å². The van der Waals surface area contributed by atoms with Gasteiger partial charge in [0.15, 0.2) is 5.96 Å². The van der Waals surface area contributed by atoms with Gasteiger partial charge in [0.1, 0.15) is 24.2 Å². The molecule has 5 unspecified atom stereocenters. The van der Waals surface area contributed by atoms with Gasteiger partial charge in [-0.1, -0.05) is 13.8 Å². The summed E-state index contributed by atoms with van der Waals surface area (Å²) in [4.78, 5) is 64.0. The highest BCUT2D eigenvalue weighted by molar-refractivity contribution is 5.95. The van der Waals surface area contributed by atoms with E-state index in [1.807, 2.05) is 0 Å². The van der Waals surface area contributed by atoms with Gasteiger partial charge in [-0.25, -0.2) is 4.79 Å². The van der Waals surface area contributed by atoms with Crippen molar-refractivity contribution in [2.75, 3.05) is 6.54 Å². The van der Waals surface area contributed by atoms with Crippen LogP contribution in [0.2, 0.25) is 0 Å². The number of nitrogens with one attached hydrogen (secondary N) is 3. The van der Waals surface area contributed by atoms with Gasteiger partial charge < -0.3 is 48.5 Å². The first-order valence-electron chi connectivity index (χ1n) is 10.5. The lowest BCUT2D eigenvalue weighted by molar-refractivity contribution is -0.144. The van der Waals surface area contributed by atoms with Gasteiger partial charge in [0, 0.05) is 6.54 Å². The van der Waals surface area contributed by atoms with Crippen LogP contribution in [0.4, 0.5) is 0 Å². The molecule has 0 aromatic carbocycles. The summed E-state index contributed by atoms with van der Waals surface area (Å²) < 4.78 is 0. The summed E-state index contributed by atoms with van der Waals surface area (Å²) in [6.07, 6.45) is -1.93. The maximum absolute atomic E-state index is 12.8. The van der Waals surface area contributed by atoms with Gasteiger partial charge in [-0.15, -0.1) is 0 Å². The molecule has 0 saturated heterocycles. The van der Waals surface area contributed by atoms with Gasteiger partial charge in [-0.05, 0) is 25.7 Å². The number of carbonyl (C=O) groups is 5. The minimum Gasteiger partial charge on any atom is -0.481 e. The minimum absolute atomic E-state index is 0.0281. The topological polar surface area (TPSA) is 273 Å². The molecule has 15 heteroatoms. The second-order valence-corrected chi connectivity index (χ2v) is 8.00. The molecular weight excluding hydrogens is 454 g/mol. The van der Waals surface area contributed by atoms with Crippen molar-refractivity contribution in [1.29, 1.82) is 0 Å². The van der Waals surface area contributed by atoms with Crippen LogP contribution in [-0.4, -0.2) is 87.8 Å². The average molecular weight is 490 g/mol. The van der Waals surface area contributed by atoms with Crippen molar-refractivity contribution in [3.05, 3.63) is 0 Å². The number of nitrogens with two attached hydrogens (primary N) is 3. The highest BCUT2D eigenvalue weighted by Crippen LogP contribution is 2.06. The molecule has 0 aliphatic heterocycles. The number of aliphatic hydroxyl groups is 1. The number of aliphatic hydroxyl groups excluding tert-OH is 1. The second kappa shape index (κ2) is 14.6. The van der Waals surface area contributed by atoms with Gasteiger partial charge in [0.05, 0.1) is 12.5 Å². The predicted molar refractivity (Wildman–Crippen MR) is 120 cm³/mol. The van der Waals surface area contributed by atoms with Crippen LogP contribution in [0.1, 0.15) is 40.0 Å². The smallest absolute Gasteiger partial charge is 0.326 e. The molecule has 15 nitrogen and oxygen atoms in total. The summed E-state index contributed by atoms with van der Waals surface area (Å²) >= 11 is 0. The van der Waals surface area contributed by atoms with Gasteiger partial charge in [-0.2, -0.15) is 0 Å². The molecule has 0 aliphatic rings. The number of carboxylic acids is 2. The number of hydrogen-bond donors (Lipinski definition) is 9. The monoisotopic (exact) mass is 489 g/mol. The summed E-state index contributed by atoms with van der Waals surface area (Å²) in [5, 5.41) is 34.7. The molecule has 3 amide bonds. The molecule has 0 aliphatic carbocycles. The first kappa shape index (κ1) is 30.5. The number of rotatable bonds is 15. The Morgan fingerprint density at radius 1 is 0.882 bits per heavy atom. The Bertz CT molecular complexity index is 768. The summed E-state index contributed by atoms with van der Waals surface area (Å²) in [7, 11) is 0. The zero-order valence-corrected chi connectivity index (χ0v) is 19.4. The standard InChI is InChI=1S/C19H35N7O8/c1-8(2)14(18(33)34)26-15(30)10(5-4-6-23-19(21)22)24-16(31)11(7-12(28)29)25-17(32)13(20)9(3)27/h8-11,13-14,27H,4-7,20H2,1-3H3,(H,24,31)(H,25,32)(H,26,30)(H,28,29)(H,33,34)(H4,21,22,23). The third kappa shape index (κ3) is 11.4. The predicted octanol–water partition coefficient (Wildman–Crippen LogP) is -3.58. The Hall–Kier alpha value is -3.46. The lowest BCUT2D eigenvalue weighted by Crippen LogP contribution is -2.58. The van der Waals surface area contributed by atoms with Gasteiger partial charge >= 0.3 is 11.9 Å². The first-order valence-corrected chi connectivity index (χ1v) is 10.5. The maximum atomic E-state index is 12.8. The highest BCUT2D eigenvalue weighted by Gasteiger charge is 2.32. The second-order valence-electron chi connectivity index (χ2n) is 8.00. The van der Waals surface area contributed by atoms with E-state index in [9.17, 15) is 34.2 Å². The van der Waals surface area contributed by atoms with Crippen LogP contribution < -0.4 is 33.2 Å². The zero-order valence-electron chi connectivity index (χ0n) is 19.4. The van der Waals surface area contributed by atoms with E-state index in [2.05, 4.69) is 20.9 Å². The van der Waals surface area contributed by atoms with Crippen molar-refractivity contribution in [1.82, 2.24) is 16.0 Å². The van der Waals surface area contributed by atoms with Crippen molar-refractivity contribution in [3.63, 3.8) is 0 Å². The van der Waals surface area contributed by atoms with Gasteiger partial charge in [0.2, 0.25) is 17.7 Å². The first-order chi connectivity index (χ1) is 15.7. The summed E-state index contributed by atoms with van der Waals surface area (Å²) in [5.74, 6) is -6.19. The number of carbonyl (C=O) groups excluding carboxylic acids is 3. The number of hydrogen-bond acceptors (Lipinski definition) is 8. The van der Waals surface area contributed by atoms with E-state index in [0.29, 0.717) is 0 Å². The molecule has 0 radical (unpaired) electrons. The van der Waals surface area contributed by atoms with E-state index in [4.69, 9.17) is 22.3 Å². The Labute approximate surface area is 196 Å². The van der Waals surface area contributed by atoms with E-state index in [1.54, 1.807) is 13.8 Å². The Morgan fingerprint density at radius 2 is 1.41 bits per heavy atom. The van der Waals surface area contributed by atoms with Crippen molar-refractivity contribution in [2.45, 2.75) is 70.3 Å². The lowest BCUT2D eigenvalue weighted by atomic mass is 10.0. The molecule has 0 rings (SSSR count). The molecule has 0 aromatic heterocycles. The normalized spacial score (nSPS) is 15.2. The molecule has 0 aromatic rings. The number of aliphatic imine (C=N–C) groups is 1. The fraction of sp³-hybridized carbons (Fsp3) is 0.684. The minimum atomic E-state index is -1.62. The summed E-state index contributed by atoms with van der Waals surface area (Å²) in [6.45, 7) is 4.50. The number of aliphatic carboxylic acids is 2. The van der Waals surface area contributed by atoms with E-state index < -0.39 is 72.3 Å². The van der Waals surface area contributed by atoms with Crippen LogP contribution in [0.25, 0.3) is 0 Å². The quantitative estimate of drug-likeness (QED) is 0.0616. The van der Waals surface area contributed by atoms with Crippen molar-refractivity contribution in [3.8, 4) is 0 Å². The SMILES string of the molecule is CC(C)C(NC(=O)C(CCCN=C(N)N)NC(=O)C(CC(=O)O)NC(=O)C(N)C(C)O)C(=O)O. The fourth-order valence-electron chi connectivity index (χ4n) is 2.68. The third-order valence-corrected chi connectivity index (χ3v) is 4.64. The molecule has 194 valence electrons. The molecule has 0 spiro atoms. The number of nitrogens with zero attached hydrogens (tertiary/aromatic N) is 1. The zero-order chi connectivity index (χ0) is 26.6. The average Bonchev–Trinajstić information content (AvgIpc) is 2.71. The van der Waals surface area contributed by atoms with Crippen LogP contribution >= 0.6 is 0 Å². The lowest BCUT2D eigenvalue weighted by Gasteiger charge is -2.25. The number of carboxylic acid groups (broad SMARTS) is 2. The van der Waals surface area contributed by atoms with E-state index in [0.717, 1.165) is 0 Å². The van der Waals surface area contributed by atoms with Crippen molar-refractivity contribution in [2.24, 2.45) is 28.1 Å². The number of guanidine groups is 1. The van der Waals surface area contributed by atoms with Gasteiger partial charge in [-0.3, -0.25) is 24.2 Å². The van der Waals surface area contributed by atoms with Crippen LogP contribution in [-0.2, 0) is 24.0 Å². The number of amides is 3. The molecule has 0 saturated carbocycles. The Morgan fingerprint density at radius 3 is 1.85 bits per heavy atom. The van der Waals surface area contributed by atoms with Crippen LogP contribution in [0.3, 0.4) is 0 Å². The van der Waals surface area contributed by atoms with E-state index >= 15 is 0 Å². The summed E-state index contributed by atoms with van der Waals surface area (Å²) in [5.41, 5.74) is 16.0. The molecule has 34 heavy (non-hydrogen) atoms. The largest absolute Gasteiger partial charge is 0.481 e. The molecular formula is C19H35N7O8. The summed E-state index contributed by atoms with van der Waals surface area (Å²) in [6, 6.07) is -5.59. The molecule has 0 heterocycles. The van der Waals surface area contributed by atoms with E-state index in [1.165, 1.54) is 6.92 Å². The highest BCUT2D eigenvalue weighted by atomic mass is 16.4. The maximum Gasteiger partial charge on any atom is 0.326 e. The molecule has 12 N–H and O–H groups in total. The molecule has 0 bridgehead atoms. The van der Waals surface area contributed by atoms with Gasteiger partial charge in [0.25, 0.3) is 0 Å². The molecule has 0 fully saturated rings. The van der Waals surface area contributed by atoms with Crippen molar-refractivity contribution >= 4 is 35.6 Å².